The quantitative estimate of drug-likeness (QED) is 0.0892. The number of hydrogen-bond acceptors (Lipinski definition) is 12. The van der Waals surface area contributed by atoms with E-state index in [2.05, 4.69) is 40.6 Å². The molecule has 0 aliphatic carbocycles. The van der Waals surface area contributed by atoms with Crippen molar-refractivity contribution in [1.29, 1.82) is 0 Å². The van der Waals surface area contributed by atoms with Gasteiger partial charge >= 0.3 is 16.2 Å². The second-order valence-corrected chi connectivity index (χ2v) is 17.4. The van der Waals surface area contributed by atoms with Crippen LogP contribution in [0.3, 0.4) is 0 Å². The Hall–Kier alpha value is -6.74. The summed E-state index contributed by atoms with van der Waals surface area (Å²) in [6.45, 7) is 4.84. The number of fused-ring (bicyclic) bond motifs is 1. The van der Waals surface area contributed by atoms with E-state index in [1.165, 1.54) is 37.5 Å². The first-order valence-electron chi connectivity index (χ1n) is 20.6. The molecule has 0 radical (unpaired) electrons. The highest BCUT2D eigenvalue weighted by molar-refractivity contribution is 7.90. The molecular formula is C42H46F2N12O6S. The van der Waals surface area contributed by atoms with Crippen LogP contribution >= 0.6 is 0 Å². The standard InChI is InChI=1S/C42H46F2N12O6S/c1-3-53(2)63(61,62)52-33-6-4-5-29(37(33)44)38(58)31-24-46-39-30(31)19-25(21-45-39)26-22-47-41(48-23-26)55-15-17-56(18-16-55)42(60)50-27-11-13-54(14-12-27)35-9-7-28(20-32(35)43)49-34-8-10-36(57)51-40(34)59/h4-7,9,19-24,27,34,49,52H,3,8,10-18H2,1-2H3,(H,45,46)(H,50,60)(H,51,57,59). The molecule has 5 N–H and O–H groups in total. The minimum Gasteiger partial charge on any atom is -0.374 e. The maximum atomic E-state index is 15.6. The van der Waals surface area contributed by atoms with Gasteiger partial charge in [-0.05, 0) is 55.7 Å². The van der Waals surface area contributed by atoms with Crippen LogP contribution in [0.1, 0.15) is 48.5 Å². The Morgan fingerprint density at radius 3 is 2.32 bits per heavy atom. The number of carbonyl (C=O) groups excluding carboxylic acids is 4. The largest absolute Gasteiger partial charge is 0.374 e. The Kier molecular flexibility index (Phi) is 12.2. The molecule has 5 aromatic rings. The number of nitrogens with one attached hydrogen (secondary N) is 5. The highest BCUT2D eigenvalue weighted by Gasteiger charge is 2.30. The summed E-state index contributed by atoms with van der Waals surface area (Å²) in [5.74, 6) is -2.33. The van der Waals surface area contributed by atoms with E-state index < -0.39 is 39.6 Å². The number of nitrogens with zero attached hydrogens (tertiary/aromatic N) is 7. The lowest BCUT2D eigenvalue weighted by Gasteiger charge is -2.37. The molecule has 0 spiro atoms. The van der Waals surface area contributed by atoms with Crippen molar-refractivity contribution < 1.29 is 36.4 Å². The summed E-state index contributed by atoms with van der Waals surface area (Å²) >= 11 is 0. The van der Waals surface area contributed by atoms with Gasteiger partial charge in [0.15, 0.2) is 11.6 Å². The fourth-order valence-corrected chi connectivity index (χ4v) is 8.76. The smallest absolute Gasteiger partial charge is 0.317 e. The Bertz CT molecular complexity index is 2670. The van der Waals surface area contributed by atoms with Crippen molar-refractivity contribution in [3.8, 4) is 11.1 Å². The number of rotatable bonds is 12. The van der Waals surface area contributed by atoms with Crippen molar-refractivity contribution in [2.75, 3.05) is 72.7 Å². The van der Waals surface area contributed by atoms with Crippen LogP contribution in [0.25, 0.3) is 22.2 Å². The highest BCUT2D eigenvalue weighted by atomic mass is 32.2. The van der Waals surface area contributed by atoms with Crippen molar-refractivity contribution in [3.05, 3.63) is 90.0 Å². The molecule has 2 aromatic carbocycles. The molecule has 330 valence electrons. The number of urea groups is 1. The monoisotopic (exact) mass is 884 g/mol. The zero-order valence-electron chi connectivity index (χ0n) is 34.5. The number of pyridine rings is 1. The van der Waals surface area contributed by atoms with E-state index >= 15 is 8.78 Å². The van der Waals surface area contributed by atoms with E-state index in [1.807, 2.05) is 9.80 Å². The van der Waals surface area contributed by atoms with Gasteiger partial charge in [0.1, 0.15) is 17.5 Å². The molecular weight excluding hydrogens is 839 g/mol. The van der Waals surface area contributed by atoms with Gasteiger partial charge < -0.3 is 30.3 Å². The van der Waals surface area contributed by atoms with Crippen LogP contribution in [0, 0.1) is 11.6 Å². The average molecular weight is 885 g/mol. The summed E-state index contributed by atoms with van der Waals surface area (Å²) in [4.78, 5) is 72.7. The SMILES string of the molecule is CCN(C)S(=O)(=O)Nc1cccc(C(=O)c2c[nH]c3ncc(-c4cnc(N5CCN(C(=O)NC6CCN(c7ccc(NC8CCC(=O)NC8=O)cc7F)CC6)CC5)nc4)cc23)c1F. The zero-order valence-corrected chi connectivity index (χ0v) is 35.3. The molecule has 3 aliphatic rings. The third-order valence-electron chi connectivity index (χ3n) is 11.6. The third-order valence-corrected chi connectivity index (χ3v) is 13.2. The number of ketones is 1. The molecule has 6 heterocycles. The first-order chi connectivity index (χ1) is 30.3. The van der Waals surface area contributed by atoms with Crippen LogP contribution in [-0.2, 0) is 19.8 Å². The van der Waals surface area contributed by atoms with Crippen LogP contribution in [0.2, 0.25) is 0 Å². The van der Waals surface area contributed by atoms with Gasteiger partial charge in [-0.15, -0.1) is 0 Å². The summed E-state index contributed by atoms with van der Waals surface area (Å²) in [7, 11) is -2.68. The van der Waals surface area contributed by atoms with E-state index in [0.717, 1.165) is 4.31 Å². The number of halogens is 2. The molecule has 18 nitrogen and oxygen atoms in total. The van der Waals surface area contributed by atoms with Crippen LogP contribution < -0.4 is 30.5 Å². The average Bonchev–Trinajstić information content (AvgIpc) is 3.71. The van der Waals surface area contributed by atoms with Gasteiger partial charge in [0.2, 0.25) is 17.8 Å². The van der Waals surface area contributed by atoms with Gasteiger partial charge in [0, 0.05) is 118 Å². The number of anilines is 4. The van der Waals surface area contributed by atoms with Crippen molar-refractivity contribution in [2.45, 2.75) is 44.7 Å². The van der Waals surface area contributed by atoms with Crippen molar-refractivity contribution in [3.63, 3.8) is 0 Å². The zero-order chi connectivity index (χ0) is 44.4. The number of benzene rings is 2. The number of amides is 4. The predicted octanol–water partition coefficient (Wildman–Crippen LogP) is 3.86. The Balaban J connectivity index is 0.830. The summed E-state index contributed by atoms with van der Waals surface area (Å²) in [5, 5.41) is 8.86. The molecule has 0 bridgehead atoms. The Labute approximate surface area is 361 Å². The number of piperidine rings is 2. The Morgan fingerprint density at radius 2 is 1.62 bits per heavy atom. The van der Waals surface area contributed by atoms with Crippen LogP contribution in [0.5, 0.6) is 0 Å². The number of piperazine rings is 1. The molecule has 3 aliphatic heterocycles. The first kappa shape index (κ1) is 42.9. The van der Waals surface area contributed by atoms with Gasteiger partial charge in [-0.25, -0.2) is 28.5 Å². The molecule has 1 unspecified atom stereocenters. The van der Waals surface area contributed by atoms with E-state index in [4.69, 9.17) is 0 Å². The molecule has 21 heteroatoms. The molecule has 8 rings (SSSR count). The fraction of sp³-hybridized carbons (Fsp3) is 0.357. The normalized spacial score (nSPS) is 17.5. The highest BCUT2D eigenvalue weighted by Crippen LogP contribution is 2.30. The van der Waals surface area contributed by atoms with E-state index in [9.17, 15) is 27.6 Å². The van der Waals surface area contributed by atoms with Crippen molar-refractivity contribution in [2.24, 2.45) is 0 Å². The minimum absolute atomic E-state index is 0.0676. The van der Waals surface area contributed by atoms with E-state index in [1.54, 1.807) is 48.6 Å². The molecule has 3 fully saturated rings. The van der Waals surface area contributed by atoms with Crippen LogP contribution in [-0.4, -0.2) is 126 Å². The van der Waals surface area contributed by atoms with Gasteiger partial charge in [-0.1, -0.05) is 13.0 Å². The van der Waals surface area contributed by atoms with E-state index in [0.29, 0.717) is 98.0 Å². The molecule has 3 aromatic heterocycles. The van der Waals surface area contributed by atoms with Gasteiger partial charge in [0.05, 0.1) is 16.9 Å². The summed E-state index contributed by atoms with van der Waals surface area (Å²) in [6.07, 6.45) is 8.18. The number of hydrogen-bond donors (Lipinski definition) is 5. The number of H-pyrrole nitrogens is 1. The van der Waals surface area contributed by atoms with E-state index in [-0.39, 0.29) is 47.8 Å². The molecule has 1 atom stereocenters. The summed E-state index contributed by atoms with van der Waals surface area (Å²) in [5.41, 5.74) is 2.03. The van der Waals surface area contributed by atoms with Gasteiger partial charge in [-0.3, -0.25) is 24.4 Å². The lowest BCUT2D eigenvalue weighted by atomic mass is 10.0. The van der Waals surface area contributed by atoms with Crippen molar-refractivity contribution in [1.82, 2.24) is 39.8 Å². The Morgan fingerprint density at radius 1 is 0.889 bits per heavy atom. The summed E-state index contributed by atoms with van der Waals surface area (Å²) in [6, 6.07) is 9.59. The topological polar surface area (TPSA) is 218 Å². The maximum absolute atomic E-state index is 15.6. The number of imide groups is 1. The maximum Gasteiger partial charge on any atom is 0.317 e. The lowest BCUT2D eigenvalue weighted by molar-refractivity contribution is -0.133. The molecule has 3 saturated heterocycles. The molecule has 0 saturated carbocycles. The van der Waals surface area contributed by atoms with Crippen molar-refractivity contribution >= 4 is 67.9 Å². The first-order valence-corrected chi connectivity index (χ1v) is 22.0. The second-order valence-electron chi connectivity index (χ2n) is 15.6. The second kappa shape index (κ2) is 17.9. The van der Waals surface area contributed by atoms with Gasteiger partial charge in [-0.2, -0.15) is 12.7 Å². The van der Waals surface area contributed by atoms with Gasteiger partial charge in [0.25, 0.3) is 0 Å². The lowest BCUT2D eigenvalue weighted by Crippen LogP contribution is -2.55. The number of carbonyl (C=O) groups is 4. The number of aromatic amines is 1. The molecule has 63 heavy (non-hydrogen) atoms. The van der Waals surface area contributed by atoms with Crippen LogP contribution in [0.4, 0.5) is 36.6 Å². The number of aromatic nitrogens is 4. The van der Waals surface area contributed by atoms with Crippen LogP contribution in [0.15, 0.2) is 67.3 Å². The summed E-state index contributed by atoms with van der Waals surface area (Å²) < 4.78 is 59.1. The fourth-order valence-electron chi connectivity index (χ4n) is 7.83. The predicted molar refractivity (Wildman–Crippen MR) is 232 cm³/mol. The minimum atomic E-state index is -4.03. The third kappa shape index (κ3) is 9.24. The molecule has 4 amide bonds.